The van der Waals surface area contributed by atoms with Crippen LogP contribution >= 0.6 is 0 Å². The number of nitrogens with zero attached hydrogens (tertiary/aromatic N) is 2. The number of morpholine rings is 1. The van der Waals surface area contributed by atoms with Gasteiger partial charge in [0, 0.05) is 32.1 Å². The van der Waals surface area contributed by atoms with Gasteiger partial charge in [0.15, 0.2) is 0 Å². The molecule has 3 fully saturated rings. The highest BCUT2D eigenvalue weighted by Gasteiger charge is 2.45. The molecule has 0 aliphatic carbocycles. The second-order valence-corrected chi connectivity index (χ2v) is 6.67. The number of hydrogen-bond donors (Lipinski definition) is 1. The van der Waals surface area contributed by atoms with E-state index in [1.807, 2.05) is 6.07 Å². The topological polar surface area (TPSA) is 39.2 Å². The lowest BCUT2D eigenvalue weighted by Crippen LogP contribution is -2.19. The number of benzene rings is 1. The van der Waals surface area contributed by atoms with Crippen molar-refractivity contribution in [2.75, 3.05) is 40.3 Å². The van der Waals surface area contributed by atoms with E-state index in [2.05, 4.69) is 48.2 Å². The van der Waals surface area contributed by atoms with Crippen LogP contribution in [0.3, 0.4) is 0 Å². The number of likely N-dealkylation sites (N-methyl/N-ethyl adjacent to an activating group) is 2. The van der Waals surface area contributed by atoms with Gasteiger partial charge in [-0.2, -0.15) is 0 Å². The van der Waals surface area contributed by atoms with Gasteiger partial charge < -0.3 is 19.6 Å². The summed E-state index contributed by atoms with van der Waals surface area (Å²) in [5, 5.41) is 9.78. The summed E-state index contributed by atoms with van der Waals surface area (Å²) >= 11 is 0. The minimum atomic E-state index is -0.153. The Morgan fingerprint density at radius 3 is 2.10 bits per heavy atom. The molecule has 2 unspecified atom stereocenters. The van der Waals surface area contributed by atoms with Crippen molar-refractivity contribution < 1.29 is 9.84 Å². The van der Waals surface area contributed by atoms with Crippen molar-refractivity contribution >= 4 is 0 Å². The lowest BCUT2D eigenvalue weighted by atomic mass is 9.97. The molecule has 0 radical (unpaired) electrons. The monoisotopic (exact) mass is 290 g/mol. The van der Waals surface area contributed by atoms with Crippen LogP contribution in [0, 0.1) is 5.92 Å². The Balaban J connectivity index is 0.000000156. The van der Waals surface area contributed by atoms with E-state index in [1.165, 1.54) is 5.56 Å². The number of ether oxygens (including phenoxy) is 1. The molecule has 3 heterocycles. The maximum absolute atomic E-state index is 9.78. The molecule has 0 bridgehead atoms. The second kappa shape index (κ2) is 6.44. The molecule has 1 N–H and O–H groups in total. The minimum Gasteiger partial charge on any atom is -0.391 e. The third-order valence-corrected chi connectivity index (χ3v) is 4.60. The van der Waals surface area contributed by atoms with E-state index in [1.54, 1.807) is 0 Å². The Hall–Kier alpha value is -0.940. The zero-order valence-electron chi connectivity index (χ0n) is 13.0. The van der Waals surface area contributed by atoms with Crippen LogP contribution in [0.4, 0.5) is 0 Å². The third-order valence-electron chi connectivity index (χ3n) is 4.60. The van der Waals surface area contributed by atoms with E-state index >= 15 is 0 Å². The summed E-state index contributed by atoms with van der Waals surface area (Å²) in [6.07, 6.45) is 2.07. The van der Waals surface area contributed by atoms with Crippen molar-refractivity contribution in [2.45, 2.75) is 24.7 Å². The molecule has 0 amide bonds. The molecule has 4 heteroatoms. The summed E-state index contributed by atoms with van der Waals surface area (Å²) < 4.78 is 5.18. The molecule has 0 aromatic heterocycles. The first kappa shape index (κ1) is 15.0. The molecule has 1 aromatic rings. The fourth-order valence-corrected chi connectivity index (χ4v) is 3.37. The summed E-state index contributed by atoms with van der Waals surface area (Å²) in [5.41, 5.74) is 1.33. The molecule has 3 saturated heterocycles. The maximum Gasteiger partial charge on any atom is 0.0981 e. The van der Waals surface area contributed by atoms with E-state index < -0.39 is 0 Å². The SMILES string of the molecule is CN1CC2OC2C1.CN1C[C@@H](Cc2ccccc2)[C@H](O)C1. The van der Waals surface area contributed by atoms with Gasteiger partial charge in [0.05, 0.1) is 18.3 Å². The molecule has 1 aromatic carbocycles. The van der Waals surface area contributed by atoms with Crippen molar-refractivity contribution in [3.63, 3.8) is 0 Å². The van der Waals surface area contributed by atoms with Gasteiger partial charge in [-0.05, 0) is 26.1 Å². The predicted molar refractivity (Wildman–Crippen MR) is 83.3 cm³/mol. The van der Waals surface area contributed by atoms with E-state index in [0.717, 1.165) is 32.6 Å². The van der Waals surface area contributed by atoms with Crippen LogP contribution in [0.2, 0.25) is 0 Å². The van der Waals surface area contributed by atoms with Crippen molar-refractivity contribution in [3.8, 4) is 0 Å². The average Bonchev–Trinajstić information content (AvgIpc) is 2.93. The van der Waals surface area contributed by atoms with Crippen LogP contribution in [-0.2, 0) is 11.2 Å². The van der Waals surface area contributed by atoms with Gasteiger partial charge in [0.25, 0.3) is 0 Å². The molecule has 116 valence electrons. The fraction of sp³-hybridized carbons (Fsp3) is 0.647. The highest BCUT2D eigenvalue weighted by atomic mass is 16.6. The number of hydrogen-bond acceptors (Lipinski definition) is 4. The van der Waals surface area contributed by atoms with Crippen molar-refractivity contribution in [3.05, 3.63) is 35.9 Å². The van der Waals surface area contributed by atoms with Crippen LogP contribution in [0.15, 0.2) is 30.3 Å². The number of aliphatic hydroxyl groups is 1. The molecule has 4 rings (SSSR count). The Labute approximate surface area is 127 Å². The zero-order chi connectivity index (χ0) is 14.8. The lowest BCUT2D eigenvalue weighted by molar-refractivity contribution is 0.143. The molecule has 21 heavy (non-hydrogen) atoms. The summed E-state index contributed by atoms with van der Waals surface area (Å²) in [7, 11) is 4.20. The summed E-state index contributed by atoms with van der Waals surface area (Å²) in [4.78, 5) is 4.50. The lowest BCUT2D eigenvalue weighted by Gasteiger charge is -2.12. The fourth-order valence-electron chi connectivity index (χ4n) is 3.37. The van der Waals surface area contributed by atoms with E-state index in [4.69, 9.17) is 4.74 Å². The Bertz CT molecular complexity index is 443. The van der Waals surface area contributed by atoms with Gasteiger partial charge >= 0.3 is 0 Å². The van der Waals surface area contributed by atoms with Crippen LogP contribution in [0.25, 0.3) is 0 Å². The van der Waals surface area contributed by atoms with Crippen LogP contribution in [0.5, 0.6) is 0 Å². The summed E-state index contributed by atoms with van der Waals surface area (Å²) in [5.74, 6) is 0.405. The minimum absolute atomic E-state index is 0.153. The van der Waals surface area contributed by atoms with Gasteiger partial charge in [-0.1, -0.05) is 30.3 Å². The quantitative estimate of drug-likeness (QED) is 0.820. The molecule has 3 aliphatic rings. The highest BCUT2D eigenvalue weighted by Crippen LogP contribution is 2.28. The van der Waals surface area contributed by atoms with Crippen LogP contribution in [0.1, 0.15) is 5.56 Å². The largest absolute Gasteiger partial charge is 0.391 e. The number of epoxide rings is 1. The second-order valence-electron chi connectivity index (χ2n) is 6.67. The van der Waals surface area contributed by atoms with Crippen LogP contribution < -0.4 is 0 Å². The van der Waals surface area contributed by atoms with Gasteiger partial charge in [-0.15, -0.1) is 0 Å². The molecular formula is C17H26N2O2. The predicted octanol–water partition coefficient (Wildman–Crippen LogP) is 0.851. The normalized spacial score (nSPS) is 35.2. The third kappa shape index (κ3) is 4.04. The van der Waals surface area contributed by atoms with E-state index in [-0.39, 0.29) is 6.10 Å². The van der Waals surface area contributed by atoms with E-state index in [0.29, 0.717) is 18.1 Å². The first-order chi connectivity index (χ1) is 10.1. The number of aliphatic hydroxyl groups excluding tert-OH is 1. The number of rotatable bonds is 2. The van der Waals surface area contributed by atoms with E-state index in [9.17, 15) is 5.11 Å². The van der Waals surface area contributed by atoms with Crippen molar-refractivity contribution in [1.82, 2.24) is 9.80 Å². The Kier molecular flexibility index (Phi) is 4.60. The standard InChI is InChI=1S/C12H17NO.C5H9NO/c1-13-8-11(12(14)9-13)7-10-5-3-2-4-6-10;1-6-2-4-5(3-6)7-4/h2-6,11-12,14H,7-9H2,1H3;4-5H,2-3H2,1H3/t11-,12-;/m1./s1. The number of β-amino-alcohol motifs (C(OH)–C–C–N with tert-alkyl or cyclic N) is 1. The van der Waals surface area contributed by atoms with Gasteiger partial charge in [0.1, 0.15) is 0 Å². The first-order valence-corrected chi connectivity index (χ1v) is 7.86. The Morgan fingerprint density at radius 2 is 1.62 bits per heavy atom. The average molecular weight is 290 g/mol. The van der Waals surface area contributed by atoms with Crippen molar-refractivity contribution in [2.24, 2.45) is 5.92 Å². The zero-order valence-corrected chi connectivity index (χ0v) is 13.0. The van der Waals surface area contributed by atoms with Crippen molar-refractivity contribution in [1.29, 1.82) is 0 Å². The van der Waals surface area contributed by atoms with Gasteiger partial charge in [-0.25, -0.2) is 0 Å². The molecule has 0 spiro atoms. The molecule has 0 saturated carbocycles. The van der Waals surface area contributed by atoms with Crippen LogP contribution in [-0.4, -0.2) is 73.5 Å². The highest BCUT2D eigenvalue weighted by molar-refractivity contribution is 5.16. The summed E-state index contributed by atoms with van der Waals surface area (Å²) in [6, 6.07) is 10.4. The molecule has 4 nitrogen and oxygen atoms in total. The molecular weight excluding hydrogens is 264 g/mol. The Morgan fingerprint density at radius 1 is 1.00 bits per heavy atom. The first-order valence-electron chi connectivity index (χ1n) is 7.86. The molecule has 3 aliphatic heterocycles. The van der Waals surface area contributed by atoms with Gasteiger partial charge in [0.2, 0.25) is 0 Å². The van der Waals surface area contributed by atoms with Gasteiger partial charge in [-0.3, -0.25) is 0 Å². The molecule has 4 atom stereocenters. The smallest absolute Gasteiger partial charge is 0.0981 e. The number of likely N-dealkylation sites (tertiary alicyclic amines) is 2. The summed E-state index contributed by atoms with van der Waals surface area (Å²) in [6.45, 7) is 4.14. The number of fused-ring (bicyclic) bond motifs is 1. The maximum atomic E-state index is 9.78.